The van der Waals surface area contributed by atoms with Gasteiger partial charge >= 0.3 is 0 Å². The number of ether oxygens (including phenoxy) is 1. The summed E-state index contributed by atoms with van der Waals surface area (Å²) in [5, 5.41) is 3.17. The maximum absolute atomic E-state index is 5.73. The average Bonchev–Trinajstić information content (AvgIpc) is 2.85. The van der Waals surface area contributed by atoms with Crippen LogP contribution >= 0.6 is 0 Å². The molecule has 0 aromatic heterocycles. The molecule has 80 valence electrons. The Morgan fingerprint density at radius 2 is 2.43 bits per heavy atom. The van der Waals surface area contributed by atoms with Crippen LogP contribution < -0.4 is 11.1 Å². The first-order chi connectivity index (χ1) is 6.68. The molecule has 3 N–H and O–H groups in total. The molecule has 1 unspecified atom stereocenters. The molecule has 2 fully saturated rings. The Kier molecular flexibility index (Phi) is 2.63. The summed E-state index contributed by atoms with van der Waals surface area (Å²) in [5.74, 6) is 0.573. The Bertz CT molecular complexity index is 230. The Hall–Kier alpha value is -0.770. The summed E-state index contributed by atoms with van der Waals surface area (Å²) in [4.78, 5) is 4.32. The van der Waals surface area contributed by atoms with E-state index in [9.17, 15) is 0 Å². The fourth-order valence-corrected chi connectivity index (χ4v) is 1.70. The first-order valence-electron chi connectivity index (χ1n) is 5.38. The number of hydrogen-bond donors (Lipinski definition) is 2. The fraction of sp³-hybridized carbons (Fsp3) is 0.900. The van der Waals surface area contributed by atoms with E-state index in [4.69, 9.17) is 10.5 Å². The van der Waals surface area contributed by atoms with Gasteiger partial charge in [-0.05, 0) is 32.6 Å². The first kappa shape index (κ1) is 9.77. The van der Waals surface area contributed by atoms with Crippen LogP contribution in [0.4, 0.5) is 0 Å². The molecular weight excluding hydrogens is 178 g/mol. The van der Waals surface area contributed by atoms with Crippen LogP contribution in [0.3, 0.4) is 0 Å². The molecular formula is C10H19N3O. The summed E-state index contributed by atoms with van der Waals surface area (Å²) in [6.07, 6.45) is 4.68. The topological polar surface area (TPSA) is 59.6 Å². The maximum Gasteiger partial charge on any atom is 0.188 e. The second kappa shape index (κ2) is 3.77. The highest BCUT2D eigenvalue weighted by Crippen LogP contribution is 2.25. The largest absolute Gasteiger partial charge is 0.373 e. The van der Waals surface area contributed by atoms with Gasteiger partial charge in [-0.3, -0.25) is 4.99 Å². The zero-order chi connectivity index (χ0) is 10.0. The minimum Gasteiger partial charge on any atom is -0.373 e. The molecule has 0 aromatic rings. The number of nitrogens with two attached hydrogens (primary N) is 1. The molecule has 4 heteroatoms. The van der Waals surface area contributed by atoms with E-state index in [1.54, 1.807) is 0 Å². The lowest BCUT2D eigenvalue weighted by molar-refractivity contribution is 0.0284. The highest BCUT2D eigenvalue weighted by atomic mass is 16.5. The van der Waals surface area contributed by atoms with Crippen molar-refractivity contribution in [3.8, 4) is 0 Å². The first-order valence-corrected chi connectivity index (χ1v) is 5.38. The molecule has 1 saturated heterocycles. The van der Waals surface area contributed by atoms with Gasteiger partial charge in [0.2, 0.25) is 0 Å². The molecule has 0 bridgehead atoms. The molecule has 0 spiro atoms. The Labute approximate surface area is 84.9 Å². The number of hydrogen-bond acceptors (Lipinski definition) is 2. The second-order valence-electron chi connectivity index (χ2n) is 4.52. The van der Waals surface area contributed by atoms with Gasteiger partial charge in [-0.2, -0.15) is 0 Å². The zero-order valence-corrected chi connectivity index (χ0v) is 8.75. The van der Waals surface area contributed by atoms with Crippen LogP contribution in [0, 0.1) is 0 Å². The molecule has 0 aromatic carbocycles. The van der Waals surface area contributed by atoms with Crippen molar-refractivity contribution in [2.75, 3.05) is 13.2 Å². The van der Waals surface area contributed by atoms with E-state index in [0.717, 1.165) is 19.4 Å². The highest BCUT2D eigenvalue weighted by molar-refractivity contribution is 5.78. The van der Waals surface area contributed by atoms with Crippen molar-refractivity contribution in [1.29, 1.82) is 0 Å². The van der Waals surface area contributed by atoms with Gasteiger partial charge in [-0.15, -0.1) is 0 Å². The quantitative estimate of drug-likeness (QED) is 0.515. The van der Waals surface area contributed by atoms with E-state index in [1.165, 1.54) is 12.8 Å². The summed E-state index contributed by atoms with van der Waals surface area (Å²) in [6.45, 7) is 3.65. The SMILES string of the molecule is CC1(CN=C(N)NC2CC2)CCCO1. The van der Waals surface area contributed by atoms with Crippen molar-refractivity contribution < 1.29 is 4.74 Å². The number of nitrogens with one attached hydrogen (secondary N) is 1. The van der Waals surface area contributed by atoms with Crippen molar-refractivity contribution in [1.82, 2.24) is 5.32 Å². The van der Waals surface area contributed by atoms with Crippen LogP contribution in [0.25, 0.3) is 0 Å². The average molecular weight is 197 g/mol. The van der Waals surface area contributed by atoms with Gasteiger partial charge in [-0.25, -0.2) is 0 Å². The van der Waals surface area contributed by atoms with E-state index in [-0.39, 0.29) is 5.60 Å². The van der Waals surface area contributed by atoms with Crippen LogP contribution in [-0.4, -0.2) is 30.8 Å². The fourth-order valence-electron chi connectivity index (χ4n) is 1.70. The van der Waals surface area contributed by atoms with Gasteiger partial charge in [-0.1, -0.05) is 0 Å². The third kappa shape index (κ3) is 2.61. The van der Waals surface area contributed by atoms with Gasteiger partial charge in [0, 0.05) is 12.6 Å². The van der Waals surface area contributed by atoms with Crippen LogP contribution in [0.5, 0.6) is 0 Å². The molecule has 4 nitrogen and oxygen atoms in total. The summed E-state index contributed by atoms with van der Waals surface area (Å²) in [5.41, 5.74) is 5.66. The summed E-state index contributed by atoms with van der Waals surface area (Å²) in [6, 6.07) is 0.580. The number of rotatable bonds is 3. The molecule has 14 heavy (non-hydrogen) atoms. The van der Waals surface area contributed by atoms with Gasteiger partial charge in [0.05, 0.1) is 12.1 Å². The van der Waals surface area contributed by atoms with Crippen LogP contribution in [0.15, 0.2) is 4.99 Å². The van der Waals surface area contributed by atoms with Gasteiger partial charge < -0.3 is 15.8 Å². The minimum absolute atomic E-state index is 0.0736. The zero-order valence-electron chi connectivity index (χ0n) is 8.75. The molecule has 1 aliphatic carbocycles. The molecule has 1 heterocycles. The minimum atomic E-state index is -0.0736. The molecule has 1 saturated carbocycles. The van der Waals surface area contributed by atoms with Crippen LogP contribution in [0.1, 0.15) is 32.6 Å². The van der Waals surface area contributed by atoms with E-state index in [0.29, 0.717) is 18.5 Å². The van der Waals surface area contributed by atoms with E-state index >= 15 is 0 Å². The lowest BCUT2D eigenvalue weighted by atomic mass is 10.0. The molecule has 0 radical (unpaired) electrons. The molecule has 0 amide bonds. The van der Waals surface area contributed by atoms with Crippen molar-refractivity contribution >= 4 is 5.96 Å². The van der Waals surface area contributed by atoms with E-state index in [2.05, 4.69) is 17.2 Å². The maximum atomic E-state index is 5.73. The number of guanidine groups is 1. The van der Waals surface area contributed by atoms with E-state index < -0.39 is 0 Å². The smallest absolute Gasteiger partial charge is 0.188 e. The standard InChI is InChI=1S/C10H19N3O/c1-10(5-2-6-14-10)7-12-9(11)13-8-3-4-8/h8H,2-7H2,1H3,(H3,11,12,13). The van der Waals surface area contributed by atoms with Gasteiger partial charge in [0.15, 0.2) is 5.96 Å². The van der Waals surface area contributed by atoms with Crippen LogP contribution in [0.2, 0.25) is 0 Å². The van der Waals surface area contributed by atoms with Crippen molar-refractivity contribution in [3.63, 3.8) is 0 Å². The summed E-state index contributed by atoms with van der Waals surface area (Å²) in [7, 11) is 0. The highest BCUT2D eigenvalue weighted by Gasteiger charge is 2.29. The number of aliphatic imine (C=N–C) groups is 1. The molecule has 2 aliphatic rings. The summed E-state index contributed by atoms with van der Waals surface area (Å²) >= 11 is 0. The lowest BCUT2D eigenvalue weighted by Gasteiger charge is -2.20. The van der Waals surface area contributed by atoms with Crippen LogP contribution in [-0.2, 0) is 4.74 Å². The summed E-state index contributed by atoms with van der Waals surface area (Å²) < 4.78 is 5.62. The Morgan fingerprint density at radius 1 is 1.64 bits per heavy atom. The van der Waals surface area contributed by atoms with Crippen molar-refractivity contribution in [2.24, 2.45) is 10.7 Å². The Balaban J connectivity index is 1.78. The van der Waals surface area contributed by atoms with Gasteiger partial charge in [0.25, 0.3) is 0 Å². The van der Waals surface area contributed by atoms with Crippen molar-refractivity contribution in [3.05, 3.63) is 0 Å². The van der Waals surface area contributed by atoms with E-state index in [1.807, 2.05) is 0 Å². The third-order valence-electron chi connectivity index (χ3n) is 2.81. The normalized spacial score (nSPS) is 33.4. The monoisotopic (exact) mass is 197 g/mol. The number of nitrogens with zero attached hydrogens (tertiary/aromatic N) is 1. The second-order valence-corrected chi connectivity index (χ2v) is 4.52. The predicted molar refractivity (Wildman–Crippen MR) is 56.2 cm³/mol. The predicted octanol–water partition coefficient (Wildman–Crippen LogP) is 0.622. The molecule has 1 aliphatic heterocycles. The Morgan fingerprint density at radius 3 is 3.00 bits per heavy atom. The van der Waals surface area contributed by atoms with Gasteiger partial charge in [0.1, 0.15) is 0 Å². The molecule has 1 atom stereocenters. The van der Waals surface area contributed by atoms with Crippen molar-refractivity contribution in [2.45, 2.75) is 44.2 Å². The molecule has 2 rings (SSSR count). The lowest BCUT2D eigenvalue weighted by Crippen LogP contribution is -2.36. The third-order valence-corrected chi connectivity index (χ3v) is 2.81.